The van der Waals surface area contributed by atoms with E-state index >= 15 is 0 Å². The first-order valence-electron chi connectivity index (χ1n) is 14.4. The van der Waals surface area contributed by atoms with Crippen molar-refractivity contribution in [2.24, 2.45) is 11.8 Å². The normalized spacial score (nSPS) is 21.6. The number of rotatable bonds is 6. The van der Waals surface area contributed by atoms with Gasteiger partial charge in [0.15, 0.2) is 6.10 Å². The van der Waals surface area contributed by atoms with Crippen LogP contribution in [0.2, 0.25) is 0 Å². The predicted octanol–water partition coefficient (Wildman–Crippen LogP) is 5.20. The molecule has 2 amide bonds. The number of nitrogens with zero attached hydrogens (tertiary/aromatic N) is 2. The molecule has 218 valence electrons. The Kier molecular flexibility index (Phi) is 6.81. The number of para-hydroxylation sites is 2. The summed E-state index contributed by atoms with van der Waals surface area (Å²) in [6, 6.07) is 31.1. The van der Waals surface area contributed by atoms with Gasteiger partial charge in [0.25, 0.3) is 0 Å². The standard InChI is InChI=1S/C36H28N2O6/c1-43-35(41)25-17-9-11-19-27(25)38-33(39)29-28-21-20-22-12-8-10-18-26(22)37(28)31(30(29)34(38)40)36(42)44-32(23-13-4-2-5-14-23)24-15-6-3-7-16-24/h2-21,28-32H,1H3/t28-,29-,30+,31-/m0/s1. The second kappa shape index (κ2) is 11.0. The van der Waals surface area contributed by atoms with Crippen LogP contribution >= 0.6 is 0 Å². The van der Waals surface area contributed by atoms with Crippen LogP contribution in [0.25, 0.3) is 6.08 Å². The largest absolute Gasteiger partial charge is 0.465 e. The molecule has 0 aliphatic carbocycles. The van der Waals surface area contributed by atoms with Crippen LogP contribution in [0, 0.1) is 11.8 Å². The molecule has 0 spiro atoms. The molecule has 3 aliphatic heterocycles. The highest BCUT2D eigenvalue weighted by Crippen LogP contribution is 2.50. The van der Waals surface area contributed by atoms with E-state index in [0.717, 1.165) is 27.3 Å². The van der Waals surface area contributed by atoms with Crippen LogP contribution < -0.4 is 9.80 Å². The smallest absolute Gasteiger partial charge is 0.339 e. The van der Waals surface area contributed by atoms with Gasteiger partial charge < -0.3 is 14.4 Å². The van der Waals surface area contributed by atoms with Gasteiger partial charge in [0.1, 0.15) is 6.04 Å². The lowest BCUT2D eigenvalue weighted by Crippen LogP contribution is -2.49. The molecule has 4 atom stereocenters. The minimum Gasteiger partial charge on any atom is -0.465 e. The van der Waals surface area contributed by atoms with Crippen molar-refractivity contribution in [3.63, 3.8) is 0 Å². The lowest BCUT2D eigenvalue weighted by Gasteiger charge is -2.36. The summed E-state index contributed by atoms with van der Waals surface area (Å²) >= 11 is 0. The molecule has 0 saturated carbocycles. The molecule has 0 N–H and O–H groups in total. The fourth-order valence-corrected chi connectivity index (χ4v) is 6.74. The number of carbonyl (C=O) groups is 4. The van der Waals surface area contributed by atoms with Crippen molar-refractivity contribution in [3.05, 3.63) is 138 Å². The fourth-order valence-electron chi connectivity index (χ4n) is 6.74. The van der Waals surface area contributed by atoms with Crippen molar-refractivity contribution in [3.8, 4) is 0 Å². The molecule has 0 aromatic heterocycles. The second-order valence-electron chi connectivity index (χ2n) is 11.0. The van der Waals surface area contributed by atoms with Gasteiger partial charge in [-0.2, -0.15) is 0 Å². The molecule has 4 aromatic carbocycles. The Bertz CT molecular complexity index is 1760. The van der Waals surface area contributed by atoms with Crippen LogP contribution in [0.15, 0.2) is 115 Å². The highest BCUT2D eigenvalue weighted by molar-refractivity contribution is 6.26. The first kappa shape index (κ1) is 27.3. The van der Waals surface area contributed by atoms with E-state index in [1.807, 2.05) is 102 Å². The number of esters is 2. The number of hydrogen-bond acceptors (Lipinski definition) is 7. The van der Waals surface area contributed by atoms with Gasteiger partial charge in [-0.05, 0) is 34.9 Å². The van der Waals surface area contributed by atoms with Gasteiger partial charge in [0, 0.05) is 5.69 Å². The molecule has 0 bridgehead atoms. The number of fused-ring (bicyclic) bond motifs is 5. The van der Waals surface area contributed by atoms with Crippen molar-refractivity contribution in [1.82, 2.24) is 0 Å². The van der Waals surface area contributed by atoms with Crippen molar-refractivity contribution >= 4 is 41.2 Å². The molecule has 0 unspecified atom stereocenters. The Hall–Kier alpha value is -5.50. The monoisotopic (exact) mass is 584 g/mol. The van der Waals surface area contributed by atoms with E-state index < -0.39 is 53.8 Å². The molecule has 4 aromatic rings. The molecular weight excluding hydrogens is 556 g/mol. The zero-order valence-corrected chi connectivity index (χ0v) is 23.8. The summed E-state index contributed by atoms with van der Waals surface area (Å²) in [7, 11) is 1.24. The van der Waals surface area contributed by atoms with E-state index in [2.05, 4.69) is 0 Å². The molecular formula is C36H28N2O6. The second-order valence-corrected chi connectivity index (χ2v) is 11.0. The summed E-state index contributed by atoms with van der Waals surface area (Å²) in [6.45, 7) is 0. The number of hydrogen-bond donors (Lipinski definition) is 0. The highest BCUT2D eigenvalue weighted by atomic mass is 16.5. The number of carbonyl (C=O) groups excluding carboxylic acids is 4. The van der Waals surface area contributed by atoms with Crippen molar-refractivity contribution in [2.45, 2.75) is 18.2 Å². The van der Waals surface area contributed by atoms with Crippen LogP contribution in [-0.4, -0.2) is 42.9 Å². The minimum absolute atomic E-state index is 0.0883. The molecule has 3 aliphatic rings. The Morgan fingerprint density at radius 1 is 0.705 bits per heavy atom. The number of anilines is 2. The molecule has 2 saturated heterocycles. The Morgan fingerprint density at radius 3 is 1.93 bits per heavy atom. The maximum Gasteiger partial charge on any atom is 0.339 e. The third-order valence-electron chi connectivity index (χ3n) is 8.65. The van der Waals surface area contributed by atoms with Crippen LogP contribution in [0.1, 0.15) is 33.2 Å². The van der Waals surface area contributed by atoms with E-state index in [-0.39, 0.29) is 11.3 Å². The first-order valence-corrected chi connectivity index (χ1v) is 14.4. The van der Waals surface area contributed by atoms with Gasteiger partial charge in [-0.1, -0.05) is 103 Å². The maximum absolute atomic E-state index is 14.5. The average Bonchev–Trinajstić information content (AvgIpc) is 3.56. The van der Waals surface area contributed by atoms with Gasteiger partial charge in [-0.15, -0.1) is 0 Å². The maximum atomic E-state index is 14.5. The molecule has 2 fully saturated rings. The quantitative estimate of drug-likeness (QED) is 0.227. The number of benzene rings is 4. The summed E-state index contributed by atoms with van der Waals surface area (Å²) in [5.74, 6) is -4.25. The molecule has 8 nitrogen and oxygen atoms in total. The van der Waals surface area contributed by atoms with Crippen LogP contribution in [0.3, 0.4) is 0 Å². The Morgan fingerprint density at radius 2 is 1.27 bits per heavy atom. The summed E-state index contributed by atoms with van der Waals surface area (Å²) in [4.78, 5) is 58.6. The molecule has 7 rings (SSSR count). The molecule has 3 heterocycles. The highest BCUT2D eigenvalue weighted by Gasteiger charge is 2.65. The van der Waals surface area contributed by atoms with E-state index in [4.69, 9.17) is 9.47 Å². The zero-order valence-electron chi connectivity index (χ0n) is 23.8. The molecule has 8 heteroatoms. The number of methoxy groups -OCH3 is 1. The Balaban J connectivity index is 1.33. The molecule has 0 radical (unpaired) electrons. The summed E-state index contributed by atoms with van der Waals surface area (Å²) in [6.07, 6.45) is 3.06. The number of ether oxygens (including phenoxy) is 2. The summed E-state index contributed by atoms with van der Waals surface area (Å²) < 4.78 is 11.3. The van der Waals surface area contributed by atoms with Crippen LogP contribution in [0.4, 0.5) is 11.4 Å². The van der Waals surface area contributed by atoms with Gasteiger partial charge in [0.2, 0.25) is 11.8 Å². The third-order valence-corrected chi connectivity index (χ3v) is 8.65. The zero-order chi connectivity index (χ0) is 30.4. The predicted molar refractivity (Wildman–Crippen MR) is 164 cm³/mol. The molecule has 44 heavy (non-hydrogen) atoms. The van der Waals surface area contributed by atoms with E-state index in [1.54, 1.807) is 18.2 Å². The van der Waals surface area contributed by atoms with Crippen LogP contribution in [0.5, 0.6) is 0 Å². The van der Waals surface area contributed by atoms with Gasteiger partial charge in [0.05, 0.1) is 36.2 Å². The van der Waals surface area contributed by atoms with E-state index in [1.165, 1.54) is 13.2 Å². The van der Waals surface area contributed by atoms with Crippen LogP contribution in [-0.2, 0) is 23.9 Å². The van der Waals surface area contributed by atoms with Gasteiger partial charge in [-0.25, -0.2) is 14.5 Å². The average molecular weight is 585 g/mol. The number of imide groups is 1. The lowest BCUT2D eigenvalue weighted by molar-refractivity contribution is -0.151. The summed E-state index contributed by atoms with van der Waals surface area (Å²) in [5.41, 5.74) is 3.39. The topological polar surface area (TPSA) is 93.2 Å². The van der Waals surface area contributed by atoms with E-state index in [0.29, 0.717) is 0 Å². The van der Waals surface area contributed by atoms with Crippen molar-refractivity contribution in [1.29, 1.82) is 0 Å². The first-order chi connectivity index (χ1) is 21.5. The summed E-state index contributed by atoms with van der Waals surface area (Å²) in [5, 5.41) is 0. The fraction of sp³-hybridized carbons (Fsp3) is 0.167. The van der Waals surface area contributed by atoms with Crippen molar-refractivity contribution in [2.75, 3.05) is 16.9 Å². The third kappa shape index (κ3) is 4.29. The van der Waals surface area contributed by atoms with E-state index in [9.17, 15) is 19.2 Å². The van der Waals surface area contributed by atoms with Gasteiger partial charge >= 0.3 is 11.9 Å². The minimum atomic E-state index is -1.10. The SMILES string of the molecule is COC(=O)c1ccccc1N1C(=O)[C@@H]2[C@@H](C1=O)[C@@H]1C=Cc3ccccc3N1[C@@H]2C(=O)OC(c1ccccc1)c1ccccc1. The van der Waals surface area contributed by atoms with Gasteiger partial charge in [-0.3, -0.25) is 9.59 Å². The lowest BCUT2D eigenvalue weighted by atomic mass is 9.88. The Labute approximate surface area is 254 Å². The number of amides is 2. The van der Waals surface area contributed by atoms with Crippen molar-refractivity contribution < 1.29 is 28.7 Å².